The van der Waals surface area contributed by atoms with Crippen LogP contribution in [0.25, 0.3) is 11.6 Å². The van der Waals surface area contributed by atoms with Crippen LogP contribution in [-0.2, 0) is 0 Å². The molecule has 0 saturated carbocycles. The van der Waals surface area contributed by atoms with Gasteiger partial charge < -0.3 is 15.2 Å². The van der Waals surface area contributed by atoms with Crippen molar-refractivity contribution in [1.82, 2.24) is 19.9 Å². The molecule has 0 spiro atoms. The van der Waals surface area contributed by atoms with E-state index in [0.29, 0.717) is 6.04 Å². The third kappa shape index (κ3) is 3.07. The van der Waals surface area contributed by atoms with Crippen LogP contribution in [0.3, 0.4) is 0 Å². The standard InChI is InChI=1S/C16H20N6/c1-11(6-12-4-5-19-16(12)17-2)14-7-18-8-15(21-14)20-13-9-22(3)10-13/h4-8,13,19H,2,9-10H2,1,3H3,(H,20,21). The van der Waals surface area contributed by atoms with Crippen molar-refractivity contribution in [1.29, 1.82) is 0 Å². The molecule has 1 aliphatic rings. The maximum absolute atomic E-state index is 4.64. The van der Waals surface area contributed by atoms with Gasteiger partial charge in [-0.1, -0.05) is 0 Å². The summed E-state index contributed by atoms with van der Waals surface area (Å²) in [6, 6.07) is 2.42. The van der Waals surface area contributed by atoms with Crippen molar-refractivity contribution in [2.75, 3.05) is 25.5 Å². The first-order valence-electron chi connectivity index (χ1n) is 7.25. The summed E-state index contributed by atoms with van der Waals surface area (Å²) in [6.07, 6.45) is 7.42. The van der Waals surface area contributed by atoms with Crippen molar-refractivity contribution in [3.63, 3.8) is 0 Å². The first-order valence-corrected chi connectivity index (χ1v) is 7.25. The molecule has 6 heteroatoms. The summed E-state index contributed by atoms with van der Waals surface area (Å²) < 4.78 is 0. The number of nitrogens with one attached hydrogen (secondary N) is 2. The topological polar surface area (TPSA) is 69.2 Å². The van der Waals surface area contributed by atoms with E-state index in [4.69, 9.17) is 0 Å². The lowest BCUT2D eigenvalue weighted by molar-refractivity contribution is 0.205. The Bertz CT molecular complexity index is 696. The molecule has 0 radical (unpaired) electrons. The number of allylic oxidation sites excluding steroid dienone is 1. The third-order valence-corrected chi connectivity index (χ3v) is 3.74. The SMILES string of the molecule is C=Nc1[nH]ccc1C=C(C)c1cncc(NC2CN(C)C2)n1. The van der Waals surface area contributed by atoms with Crippen LogP contribution >= 0.6 is 0 Å². The van der Waals surface area contributed by atoms with Gasteiger partial charge >= 0.3 is 0 Å². The van der Waals surface area contributed by atoms with Gasteiger partial charge in [-0.3, -0.25) is 4.98 Å². The summed E-state index contributed by atoms with van der Waals surface area (Å²) in [7, 11) is 2.11. The second-order valence-electron chi connectivity index (χ2n) is 5.62. The predicted molar refractivity (Wildman–Crippen MR) is 90.5 cm³/mol. The maximum atomic E-state index is 4.64. The fourth-order valence-corrected chi connectivity index (χ4v) is 2.56. The van der Waals surface area contributed by atoms with Crippen molar-refractivity contribution in [3.8, 4) is 0 Å². The lowest BCUT2D eigenvalue weighted by atomic mass is 10.1. The Kier molecular flexibility index (Phi) is 4.02. The number of aromatic amines is 1. The Morgan fingerprint density at radius 3 is 3.05 bits per heavy atom. The Hall–Kier alpha value is -2.47. The molecular weight excluding hydrogens is 276 g/mol. The second kappa shape index (κ2) is 6.11. The molecule has 0 bridgehead atoms. The summed E-state index contributed by atoms with van der Waals surface area (Å²) in [6.45, 7) is 7.66. The van der Waals surface area contributed by atoms with Gasteiger partial charge in [0.25, 0.3) is 0 Å². The molecule has 1 saturated heterocycles. The van der Waals surface area contributed by atoms with Crippen LogP contribution in [0.2, 0.25) is 0 Å². The molecular formula is C16H20N6. The Morgan fingerprint density at radius 2 is 2.32 bits per heavy atom. The number of aliphatic imine (C=N–C) groups is 1. The number of hydrogen-bond acceptors (Lipinski definition) is 5. The molecule has 0 unspecified atom stereocenters. The molecule has 2 aromatic rings. The summed E-state index contributed by atoms with van der Waals surface area (Å²) in [4.78, 5) is 18.2. The minimum Gasteiger partial charge on any atom is -0.363 e. The molecule has 0 amide bonds. The fraction of sp³-hybridized carbons (Fsp3) is 0.312. The highest BCUT2D eigenvalue weighted by Gasteiger charge is 2.23. The average molecular weight is 296 g/mol. The number of hydrogen-bond donors (Lipinski definition) is 2. The molecule has 6 nitrogen and oxygen atoms in total. The van der Waals surface area contributed by atoms with Gasteiger partial charge in [-0.05, 0) is 38.4 Å². The Balaban J connectivity index is 1.77. The van der Waals surface area contributed by atoms with Crippen LogP contribution in [0.5, 0.6) is 0 Å². The van der Waals surface area contributed by atoms with Gasteiger partial charge in [-0.15, -0.1) is 0 Å². The number of likely N-dealkylation sites (tertiary alicyclic amines) is 1. The number of likely N-dealkylation sites (N-methyl/N-ethyl adjacent to an activating group) is 1. The number of nitrogens with zero attached hydrogens (tertiary/aromatic N) is 4. The molecule has 0 aliphatic carbocycles. The normalized spacial score (nSPS) is 16.4. The van der Waals surface area contributed by atoms with Crippen LogP contribution in [0.1, 0.15) is 18.2 Å². The van der Waals surface area contributed by atoms with Gasteiger partial charge in [-0.25, -0.2) is 9.98 Å². The second-order valence-corrected chi connectivity index (χ2v) is 5.62. The smallest absolute Gasteiger partial charge is 0.145 e. The van der Waals surface area contributed by atoms with Crippen molar-refractivity contribution in [2.24, 2.45) is 4.99 Å². The van der Waals surface area contributed by atoms with Crippen molar-refractivity contribution >= 4 is 30.0 Å². The highest BCUT2D eigenvalue weighted by molar-refractivity contribution is 5.82. The minimum atomic E-state index is 0.458. The van der Waals surface area contributed by atoms with E-state index in [1.807, 2.05) is 25.3 Å². The van der Waals surface area contributed by atoms with Crippen molar-refractivity contribution < 1.29 is 0 Å². The zero-order chi connectivity index (χ0) is 15.5. The van der Waals surface area contributed by atoms with E-state index in [2.05, 4.69) is 43.9 Å². The van der Waals surface area contributed by atoms with Crippen molar-refractivity contribution in [3.05, 3.63) is 35.9 Å². The van der Waals surface area contributed by atoms with Gasteiger partial charge in [-0.2, -0.15) is 0 Å². The molecule has 22 heavy (non-hydrogen) atoms. The largest absolute Gasteiger partial charge is 0.363 e. The van der Waals surface area contributed by atoms with Crippen LogP contribution < -0.4 is 5.32 Å². The first kappa shape index (κ1) is 14.5. The zero-order valence-corrected chi connectivity index (χ0v) is 12.9. The molecule has 114 valence electrons. The number of aromatic nitrogens is 3. The number of H-pyrrole nitrogens is 1. The van der Waals surface area contributed by atoms with E-state index in [-0.39, 0.29) is 0 Å². The lowest BCUT2D eigenvalue weighted by Crippen LogP contribution is -2.52. The molecule has 1 aliphatic heterocycles. The van der Waals surface area contributed by atoms with E-state index >= 15 is 0 Å². The average Bonchev–Trinajstić information content (AvgIpc) is 2.93. The van der Waals surface area contributed by atoms with Crippen LogP contribution in [0.4, 0.5) is 11.6 Å². The lowest BCUT2D eigenvalue weighted by Gasteiger charge is -2.36. The summed E-state index contributed by atoms with van der Waals surface area (Å²) in [5, 5.41) is 3.41. The molecule has 1 fully saturated rings. The first-order chi connectivity index (χ1) is 10.7. The van der Waals surface area contributed by atoms with Gasteiger partial charge in [0.2, 0.25) is 0 Å². The van der Waals surface area contributed by atoms with Crippen LogP contribution in [-0.4, -0.2) is 52.7 Å². The molecule has 0 aromatic carbocycles. The minimum absolute atomic E-state index is 0.458. The van der Waals surface area contributed by atoms with E-state index in [9.17, 15) is 0 Å². The maximum Gasteiger partial charge on any atom is 0.145 e. The van der Waals surface area contributed by atoms with E-state index in [1.165, 1.54) is 0 Å². The summed E-state index contributed by atoms with van der Waals surface area (Å²) in [5.41, 5.74) is 2.88. The fourth-order valence-electron chi connectivity index (χ4n) is 2.56. The highest BCUT2D eigenvalue weighted by atomic mass is 15.2. The monoisotopic (exact) mass is 296 g/mol. The van der Waals surface area contributed by atoms with Crippen LogP contribution in [0, 0.1) is 0 Å². The molecule has 0 atom stereocenters. The molecule has 3 rings (SSSR count). The van der Waals surface area contributed by atoms with Crippen molar-refractivity contribution in [2.45, 2.75) is 13.0 Å². The Morgan fingerprint density at radius 1 is 1.50 bits per heavy atom. The Labute approximate surface area is 130 Å². The third-order valence-electron chi connectivity index (χ3n) is 3.74. The number of anilines is 1. The summed E-state index contributed by atoms with van der Waals surface area (Å²) in [5.74, 6) is 1.58. The van der Waals surface area contributed by atoms with E-state index in [1.54, 1.807) is 12.4 Å². The number of rotatable bonds is 5. The van der Waals surface area contributed by atoms with Crippen LogP contribution in [0.15, 0.2) is 29.6 Å². The molecule has 2 aromatic heterocycles. The quantitative estimate of drug-likeness (QED) is 0.831. The van der Waals surface area contributed by atoms with E-state index < -0.39 is 0 Å². The summed E-state index contributed by atoms with van der Waals surface area (Å²) >= 11 is 0. The van der Waals surface area contributed by atoms with Gasteiger partial charge in [0.15, 0.2) is 0 Å². The van der Waals surface area contributed by atoms with Gasteiger partial charge in [0.1, 0.15) is 11.6 Å². The van der Waals surface area contributed by atoms with E-state index in [0.717, 1.165) is 41.6 Å². The molecule has 3 heterocycles. The molecule has 2 N–H and O–H groups in total. The van der Waals surface area contributed by atoms with Gasteiger partial charge in [0.05, 0.1) is 24.1 Å². The van der Waals surface area contributed by atoms with Gasteiger partial charge in [0, 0.05) is 24.8 Å². The zero-order valence-electron chi connectivity index (χ0n) is 12.9. The predicted octanol–water partition coefficient (Wildman–Crippen LogP) is 2.42. The highest BCUT2D eigenvalue weighted by Crippen LogP contribution is 2.23.